The third-order valence-electron chi connectivity index (χ3n) is 5.58. The van der Waals surface area contributed by atoms with Crippen LogP contribution in [-0.4, -0.2) is 55.1 Å². The van der Waals surface area contributed by atoms with Gasteiger partial charge < -0.3 is 20.5 Å². The summed E-state index contributed by atoms with van der Waals surface area (Å²) in [6.45, 7) is 4.21. The highest BCUT2D eigenvalue weighted by Crippen LogP contribution is 2.31. The molecule has 1 aromatic carbocycles. The number of halogens is 1. The van der Waals surface area contributed by atoms with Gasteiger partial charge in [-0.1, -0.05) is 0 Å². The number of rotatable bonds is 6. The minimum Gasteiger partial charge on any atom is -0.361 e. The number of aliphatic imine (C=N–C) groups is 1. The third kappa shape index (κ3) is 4.01. The van der Waals surface area contributed by atoms with E-state index in [1.165, 1.54) is 38.4 Å². The molecule has 5 nitrogen and oxygen atoms in total. The van der Waals surface area contributed by atoms with E-state index in [1.807, 2.05) is 13.2 Å². The van der Waals surface area contributed by atoms with E-state index in [0.717, 1.165) is 48.0 Å². The molecule has 0 amide bonds. The first kappa shape index (κ1) is 17.3. The maximum Gasteiger partial charge on any atom is 0.190 e. The van der Waals surface area contributed by atoms with Gasteiger partial charge in [0, 0.05) is 49.8 Å². The van der Waals surface area contributed by atoms with E-state index in [4.69, 9.17) is 0 Å². The van der Waals surface area contributed by atoms with Gasteiger partial charge in [0.15, 0.2) is 5.96 Å². The molecule has 26 heavy (non-hydrogen) atoms. The molecular formula is C20H28FN5. The monoisotopic (exact) mass is 357 g/mol. The molecule has 1 aliphatic carbocycles. The molecule has 0 spiro atoms. The van der Waals surface area contributed by atoms with Crippen molar-refractivity contribution in [2.24, 2.45) is 10.9 Å². The Bertz CT molecular complexity index is 780. The number of hydrogen-bond acceptors (Lipinski definition) is 2. The van der Waals surface area contributed by atoms with Crippen molar-refractivity contribution in [1.82, 2.24) is 20.5 Å². The molecule has 2 fully saturated rings. The zero-order valence-corrected chi connectivity index (χ0v) is 15.4. The smallest absolute Gasteiger partial charge is 0.190 e. The SMILES string of the molecule is CN=C(NCCc1c[nH]c2ccc(F)cc12)NCC1CCN(C2CC2)C1. The van der Waals surface area contributed by atoms with E-state index in [9.17, 15) is 4.39 Å². The molecule has 1 atom stereocenters. The number of aromatic nitrogens is 1. The van der Waals surface area contributed by atoms with Crippen molar-refractivity contribution in [2.45, 2.75) is 31.7 Å². The maximum absolute atomic E-state index is 13.5. The lowest BCUT2D eigenvalue weighted by Gasteiger charge is -2.17. The number of H-pyrrole nitrogens is 1. The van der Waals surface area contributed by atoms with Gasteiger partial charge in [0.2, 0.25) is 0 Å². The van der Waals surface area contributed by atoms with Crippen LogP contribution in [0.5, 0.6) is 0 Å². The number of aromatic amines is 1. The largest absolute Gasteiger partial charge is 0.361 e. The number of nitrogens with one attached hydrogen (secondary N) is 3. The van der Waals surface area contributed by atoms with Crippen molar-refractivity contribution in [2.75, 3.05) is 33.2 Å². The molecule has 1 aromatic heterocycles. The Morgan fingerprint density at radius 3 is 3.00 bits per heavy atom. The zero-order valence-electron chi connectivity index (χ0n) is 15.4. The van der Waals surface area contributed by atoms with Crippen LogP contribution in [0.25, 0.3) is 10.9 Å². The van der Waals surface area contributed by atoms with Gasteiger partial charge in [0.05, 0.1) is 0 Å². The summed E-state index contributed by atoms with van der Waals surface area (Å²) in [7, 11) is 1.81. The van der Waals surface area contributed by atoms with Crippen molar-refractivity contribution in [3.05, 3.63) is 35.8 Å². The summed E-state index contributed by atoms with van der Waals surface area (Å²) in [4.78, 5) is 10.2. The highest BCUT2D eigenvalue weighted by Gasteiger charge is 2.34. The van der Waals surface area contributed by atoms with Crippen molar-refractivity contribution in [3.8, 4) is 0 Å². The summed E-state index contributed by atoms with van der Waals surface area (Å²) in [5.41, 5.74) is 2.10. The van der Waals surface area contributed by atoms with Gasteiger partial charge in [-0.15, -0.1) is 0 Å². The summed E-state index contributed by atoms with van der Waals surface area (Å²) < 4.78 is 13.5. The predicted molar refractivity (Wildman–Crippen MR) is 104 cm³/mol. The second-order valence-electron chi connectivity index (χ2n) is 7.51. The Morgan fingerprint density at radius 1 is 1.31 bits per heavy atom. The Hall–Kier alpha value is -2.08. The second-order valence-corrected chi connectivity index (χ2v) is 7.51. The molecule has 1 saturated carbocycles. The molecule has 3 N–H and O–H groups in total. The van der Waals surface area contributed by atoms with Crippen molar-refractivity contribution >= 4 is 16.9 Å². The van der Waals surface area contributed by atoms with Crippen LogP contribution < -0.4 is 10.6 Å². The first-order valence-corrected chi connectivity index (χ1v) is 9.67. The summed E-state index contributed by atoms with van der Waals surface area (Å²) in [5.74, 6) is 1.37. The van der Waals surface area contributed by atoms with Crippen LogP contribution in [0.2, 0.25) is 0 Å². The molecule has 1 unspecified atom stereocenters. The molecule has 2 aromatic rings. The lowest BCUT2D eigenvalue weighted by atomic mass is 10.1. The van der Waals surface area contributed by atoms with Gasteiger partial charge in [-0.2, -0.15) is 0 Å². The van der Waals surface area contributed by atoms with Gasteiger partial charge >= 0.3 is 0 Å². The lowest BCUT2D eigenvalue weighted by Crippen LogP contribution is -2.41. The van der Waals surface area contributed by atoms with Crippen LogP contribution in [-0.2, 0) is 6.42 Å². The summed E-state index contributed by atoms with van der Waals surface area (Å²) in [6, 6.07) is 5.74. The van der Waals surface area contributed by atoms with Gasteiger partial charge in [-0.25, -0.2) is 4.39 Å². The topological polar surface area (TPSA) is 55.5 Å². The summed E-state index contributed by atoms with van der Waals surface area (Å²) in [5, 5.41) is 7.80. The minimum absolute atomic E-state index is 0.194. The fourth-order valence-corrected chi connectivity index (χ4v) is 3.94. The number of benzene rings is 1. The second kappa shape index (κ2) is 7.66. The third-order valence-corrected chi connectivity index (χ3v) is 5.58. The Balaban J connectivity index is 1.23. The average molecular weight is 357 g/mol. The van der Waals surface area contributed by atoms with Crippen LogP contribution >= 0.6 is 0 Å². The molecule has 2 aliphatic rings. The highest BCUT2D eigenvalue weighted by atomic mass is 19.1. The highest BCUT2D eigenvalue weighted by molar-refractivity contribution is 5.83. The Labute approximate surface area is 154 Å². The molecule has 0 radical (unpaired) electrons. The Morgan fingerprint density at radius 2 is 2.19 bits per heavy atom. The van der Waals surface area contributed by atoms with E-state index in [-0.39, 0.29) is 5.82 Å². The molecule has 2 heterocycles. The van der Waals surface area contributed by atoms with Gasteiger partial charge in [-0.05, 0) is 61.9 Å². The normalized spacial score (nSPS) is 21.5. The maximum atomic E-state index is 13.5. The zero-order chi connectivity index (χ0) is 17.9. The summed E-state index contributed by atoms with van der Waals surface area (Å²) in [6.07, 6.45) is 6.85. The molecule has 6 heteroatoms. The van der Waals surface area contributed by atoms with Crippen LogP contribution in [0.3, 0.4) is 0 Å². The van der Waals surface area contributed by atoms with Crippen LogP contribution in [0.4, 0.5) is 4.39 Å². The van der Waals surface area contributed by atoms with E-state index < -0.39 is 0 Å². The van der Waals surface area contributed by atoms with Crippen molar-refractivity contribution in [1.29, 1.82) is 0 Å². The number of hydrogen-bond donors (Lipinski definition) is 3. The van der Waals surface area contributed by atoms with Crippen LogP contribution in [0.15, 0.2) is 29.4 Å². The van der Waals surface area contributed by atoms with Crippen molar-refractivity contribution < 1.29 is 4.39 Å². The minimum atomic E-state index is -0.194. The molecule has 1 saturated heterocycles. The molecule has 0 bridgehead atoms. The van der Waals surface area contributed by atoms with Crippen LogP contribution in [0.1, 0.15) is 24.8 Å². The van der Waals surface area contributed by atoms with E-state index in [1.54, 1.807) is 12.1 Å². The van der Waals surface area contributed by atoms with Crippen LogP contribution in [0, 0.1) is 11.7 Å². The van der Waals surface area contributed by atoms with Crippen molar-refractivity contribution in [3.63, 3.8) is 0 Å². The fourth-order valence-electron chi connectivity index (χ4n) is 3.94. The summed E-state index contributed by atoms with van der Waals surface area (Å²) >= 11 is 0. The molecule has 4 rings (SSSR count). The number of fused-ring (bicyclic) bond motifs is 1. The predicted octanol–water partition coefficient (Wildman–Crippen LogP) is 2.50. The molecule has 140 valence electrons. The quantitative estimate of drug-likeness (QED) is 0.550. The standard InChI is InChI=1S/C20H28FN5/c1-22-20(25-11-14-7-9-26(13-14)17-3-4-17)23-8-6-15-12-24-19-5-2-16(21)10-18(15)19/h2,5,10,12,14,17,24H,3-4,6-9,11,13H2,1H3,(H2,22,23,25). The van der Waals surface area contributed by atoms with E-state index in [2.05, 4.69) is 25.5 Å². The first-order chi connectivity index (χ1) is 12.7. The number of likely N-dealkylation sites (tertiary alicyclic amines) is 1. The van der Waals surface area contributed by atoms with E-state index >= 15 is 0 Å². The van der Waals surface area contributed by atoms with Gasteiger partial charge in [0.1, 0.15) is 5.82 Å². The fraction of sp³-hybridized carbons (Fsp3) is 0.550. The number of guanidine groups is 1. The lowest BCUT2D eigenvalue weighted by molar-refractivity contribution is 0.314. The molecule has 1 aliphatic heterocycles. The first-order valence-electron chi connectivity index (χ1n) is 9.67. The van der Waals surface area contributed by atoms with Gasteiger partial charge in [0.25, 0.3) is 0 Å². The number of nitrogens with zero attached hydrogens (tertiary/aromatic N) is 2. The van der Waals surface area contributed by atoms with E-state index in [0.29, 0.717) is 5.92 Å². The Kier molecular flexibility index (Phi) is 5.11. The average Bonchev–Trinajstić information content (AvgIpc) is 3.26. The molecular weight excluding hydrogens is 329 g/mol. The van der Waals surface area contributed by atoms with Gasteiger partial charge in [-0.3, -0.25) is 4.99 Å².